The molecule has 0 fully saturated rings. The molecule has 0 saturated carbocycles. The Labute approximate surface area is 131 Å². The van der Waals surface area contributed by atoms with Gasteiger partial charge in [-0.1, -0.05) is 18.2 Å². The maximum atomic E-state index is 12.4. The smallest absolute Gasteiger partial charge is 0.241 e. The number of nitrogens with zero attached hydrogens (tertiary/aromatic N) is 1. The summed E-state index contributed by atoms with van der Waals surface area (Å²) in [4.78, 5) is 2.27. The van der Waals surface area contributed by atoms with Crippen LogP contribution >= 0.6 is 0 Å². The van der Waals surface area contributed by atoms with Crippen molar-refractivity contribution in [2.24, 2.45) is 0 Å². The Morgan fingerprint density at radius 3 is 2.59 bits per heavy atom. The normalized spacial score (nSPS) is 11.8. The van der Waals surface area contributed by atoms with Gasteiger partial charge in [0.05, 0.1) is 4.90 Å². The highest BCUT2D eigenvalue weighted by molar-refractivity contribution is 7.89. The molecule has 0 amide bonds. The standard InChI is InChI=1S/C16H22N2O3S/c1-18(2)14-8-9-15-13(12-14)6-5-7-16(15)22(20,21)17-10-3-4-11-19/h5-9,12,17,19H,3-4,10-11H2,1-2H3. The van der Waals surface area contributed by atoms with Gasteiger partial charge in [0.15, 0.2) is 0 Å². The third kappa shape index (κ3) is 3.76. The molecule has 0 spiro atoms. The lowest BCUT2D eigenvalue weighted by Gasteiger charge is -2.14. The van der Waals surface area contributed by atoms with Gasteiger partial charge in [-0.3, -0.25) is 0 Å². The average molecular weight is 322 g/mol. The summed E-state index contributed by atoms with van der Waals surface area (Å²) in [5, 5.41) is 10.3. The van der Waals surface area contributed by atoms with Crippen molar-refractivity contribution in [2.75, 3.05) is 32.1 Å². The molecular formula is C16H22N2O3S. The molecule has 2 aromatic rings. The van der Waals surface area contributed by atoms with Crippen LogP contribution < -0.4 is 9.62 Å². The fourth-order valence-corrected chi connectivity index (χ4v) is 3.58. The van der Waals surface area contributed by atoms with Crippen molar-refractivity contribution in [3.05, 3.63) is 36.4 Å². The third-order valence-electron chi connectivity index (χ3n) is 3.51. The van der Waals surface area contributed by atoms with E-state index >= 15 is 0 Å². The zero-order valence-corrected chi connectivity index (χ0v) is 13.7. The number of fused-ring (bicyclic) bond motifs is 1. The first-order valence-electron chi connectivity index (χ1n) is 7.26. The molecule has 0 saturated heterocycles. The van der Waals surface area contributed by atoms with Crippen molar-refractivity contribution in [1.29, 1.82) is 0 Å². The van der Waals surface area contributed by atoms with E-state index in [4.69, 9.17) is 5.11 Å². The Kier molecular flexibility index (Phi) is 5.39. The van der Waals surface area contributed by atoms with E-state index in [1.54, 1.807) is 12.1 Å². The second-order valence-corrected chi connectivity index (χ2v) is 7.12. The lowest BCUT2D eigenvalue weighted by atomic mass is 10.1. The number of benzene rings is 2. The van der Waals surface area contributed by atoms with Gasteiger partial charge in [-0.2, -0.15) is 0 Å². The van der Waals surface area contributed by atoms with Crippen LogP contribution in [0.15, 0.2) is 41.3 Å². The zero-order chi connectivity index (χ0) is 16.2. The molecule has 0 atom stereocenters. The summed E-state index contributed by atoms with van der Waals surface area (Å²) >= 11 is 0. The summed E-state index contributed by atoms with van der Waals surface area (Å²) in [7, 11) is 0.352. The van der Waals surface area contributed by atoms with Crippen LogP contribution in [0.1, 0.15) is 12.8 Å². The van der Waals surface area contributed by atoms with Crippen LogP contribution in [0.5, 0.6) is 0 Å². The number of unbranched alkanes of at least 4 members (excludes halogenated alkanes) is 1. The summed E-state index contributed by atoms with van der Waals surface area (Å²) in [5.74, 6) is 0. The topological polar surface area (TPSA) is 69.6 Å². The van der Waals surface area contributed by atoms with Gasteiger partial charge in [0.1, 0.15) is 0 Å². The lowest BCUT2D eigenvalue weighted by molar-refractivity contribution is 0.285. The van der Waals surface area contributed by atoms with E-state index in [1.807, 2.05) is 43.3 Å². The molecule has 0 aliphatic rings. The van der Waals surface area contributed by atoms with Crippen LogP contribution in [0, 0.1) is 0 Å². The van der Waals surface area contributed by atoms with Gasteiger partial charge in [0, 0.05) is 38.3 Å². The highest BCUT2D eigenvalue weighted by atomic mass is 32.2. The maximum absolute atomic E-state index is 12.4. The molecule has 2 N–H and O–H groups in total. The van der Waals surface area contributed by atoms with Gasteiger partial charge in [0.2, 0.25) is 10.0 Å². The van der Waals surface area contributed by atoms with Crippen LogP contribution in [-0.4, -0.2) is 40.8 Å². The van der Waals surface area contributed by atoms with Crippen molar-refractivity contribution < 1.29 is 13.5 Å². The van der Waals surface area contributed by atoms with Crippen LogP contribution in [0.3, 0.4) is 0 Å². The van der Waals surface area contributed by atoms with E-state index in [0.717, 1.165) is 11.1 Å². The summed E-state index contributed by atoms with van der Waals surface area (Å²) in [6.07, 6.45) is 1.20. The fraction of sp³-hybridized carbons (Fsp3) is 0.375. The van der Waals surface area contributed by atoms with Gasteiger partial charge in [-0.25, -0.2) is 13.1 Å². The monoisotopic (exact) mass is 322 g/mol. The van der Waals surface area contributed by atoms with Gasteiger partial charge in [-0.15, -0.1) is 0 Å². The number of anilines is 1. The number of hydrogen-bond acceptors (Lipinski definition) is 4. The summed E-state index contributed by atoms with van der Waals surface area (Å²) < 4.78 is 27.5. The third-order valence-corrected chi connectivity index (χ3v) is 5.03. The van der Waals surface area contributed by atoms with Crippen molar-refractivity contribution >= 4 is 26.5 Å². The molecule has 22 heavy (non-hydrogen) atoms. The fourth-order valence-electron chi connectivity index (χ4n) is 2.27. The molecule has 0 unspecified atom stereocenters. The molecule has 6 heteroatoms. The zero-order valence-electron chi connectivity index (χ0n) is 12.9. The highest BCUT2D eigenvalue weighted by Crippen LogP contribution is 2.26. The Balaban J connectivity index is 2.34. The van der Waals surface area contributed by atoms with E-state index in [-0.39, 0.29) is 6.61 Å². The minimum Gasteiger partial charge on any atom is -0.396 e. The molecule has 2 aromatic carbocycles. The number of hydrogen-bond donors (Lipinski definition) is 2. The summed E-state index contributed by atoms with van der Waals surface area (Å²) in [6.45, 7) is 0.401. The summed E-state index contributed by atoms with van der Waals surface area (Å²) in [6, 6.07) is 11.0. The van der Waals surface area contributed by atoms with Gasteiger partial charge >= 0.3 is 0 Å². The van der Waals surface area contributed by atoms with Gasteiger partial charge in [-0.05, 0) is 36.4 Å². The largest absolute Gasteiger partial charge is 0.396 e. The van der Waals surface area contributed by atoms with Crippen molar-refractivity contribution in [3.8, 4) is 0 Å². The van der Waals surface area contributed by atoms with E-state index < -0.39 is 10.0 Å². The summed E-state index contributed by atoms with van der Waals surface area (Å²) in [5.41, 5.74) is 1.03. The average Bonchev–Trinajstić information content (AvgIpc) is 2.50. The maximum Gasteiger partial charge on any atom is 0.241 e. The van der Waals surface area contributed by atoms with Crippen LogP contribution in [0.4, 0.5) is 5.69 Å². The second-order valence-electron chi connectivity index (χ2n) is 5.38. The van der Waals surface area contributed by atoms with E-state index in [1.165, 1.54) is 0 Å². The SMILES string of the molecule is CN(C)c1ccc2c(S(=O)(=O)NCCCCO)cccc2c1. The Hall–Kier alpha value is -1.63. The number of sulfonamides is 1. The Bertz CT molecular complexity index is 742. The number of aliphatic hydroxyl groups excluding tert-OH is 1. The predicted molar refractivity (Wildman–Crippen MR) is 89.8 cm³/mol. The van der Waals surface area contributed by atoms with Crippen molar-refractivity contribution in [3.63, 3.8) is 0 Å². The van der Waals surface area contributed by atoms with Crippen LogP contribution in [0.25, 0.3) is 10.8 Å². The molecule has 0 bridgehead atoms. The highest BCUT2D eigenvalue weighted by Gasteiger charge is 2.16. The Morgan fingerprint density at radius 2 is 1.91 bits per heavy atom. The quantitative estimate of drug-likeness (QED) is 0.765. The first kappa shape index (κ1) is 16.7. The van der Waals surface area contributed by atoms with E-state index in [2.05, 4.69) is 4.72 Å². The van der Waals surface area contributed by atoms with Crippen LogP contribution in [0.2, 0.25) is 0 Å². The number of rotatable bonds is 7. The molecule has 0 heterocycles. The molecule has 0 radical (unpaired) electrons. The molecule has 0 aliphatic heterocycles. The molecular weight excluding hydrogens is 300 g/mol. The number of aliphatic hydroxyl groups is 1. The molecule has 5 nitrogen and oxygen atoms in total. The molecule has 2 rings (SSSR count). The molecule has 0 aliphatic carbocycles. The van der Waals surface area contributed by atoms with Gasteiger partial charge < -0.3 is 10.0 Å². The Morgan fingerprint density at radius 1 is 1.14 bits per heavy atom. The molecule has 0 aromatic heterocycles. The minimum atomic E-state index is -3.55. The van der Waals surface area contributed by atoms with Crippen LogP contribution in [-0.2, 0) is 10.0 Å². The lowest BCUT2D eigenvalue weighted by Crippen LogP contribution is -2.25. The van der Waals surface area contributed by atoms with Gasteiger partial charge in [0.25, 0.3) is 0 Å². The van der Waals surface area contributed by atoms with Crippen molar-refractivity contribution in [2.45, 2.75) is 17.7 Å². The second kappa shape index (κ2) is 7.09. The predicted octanol–water partition coefficient (Wildman–Crippen LogP) is 1.96. The first-order chi connectivity index (χ1) is 10.5. The van der Waals surface area contributed by atoms with E-state index in [0.29, 0.717) is 29.7 Å². The minimum absolute atomic E-state index is 0.0727. The first-order valence-corrected chi connectivity index (χ1v) is 8.74. The number of nitrogens with one attached hydrogen (secondary N) is 1. The van der Waals surface area contributed by atoms with E-state index in [9.17, 15) is 8.42 Å². The molecule has 120 valence electrons. The van der Waals surface area contributed by atoms with Crippen molar-refractivity contribution in [1.82, 2.24) is 4.72 Å².